The highest BCUT2D eigenvalue weighted by Crippen LogP contribution is 2.27. The Morgan fingerprint density at radius 3 is 2.70 bits per heavy atom. The molecule has 3 aromatic rings. The fourth-order valence-corrected chi connectivity index (χ4v) is 2.79. The largest absolute Gasteiger partial charge is 0.494 e. The van der Waals surface area contributed by atoms with Crippen molar-refractivity contribution in [1.82, 2.24) is 14.9 Å². The van der Waals surface area contributed by atoms with Gasteiger partial charge in [0.15, 0.2) is 17.3 Å². The number of rotatable bonds is 8. The minimum absolute atomic E-state index is 0.338. The number of carbonyl (C=O) groups excluding carboxylic acids is 1. The van der Waals surface area contributed by atoms with Crippen LogP contribution in [0, 0.1) is 4.77 Å². The summed E-state index contributed by atoms with van der Waals surface area (Å²) in [6.45, 7) is 3.86. The molecule has 0 saturated heterocycles. The average Bonchev–Trinajstić information content (AvgIpc) is 3.10. The van der Waals surface area contributed by atoms with E-state index in [9.17, 15) is 4.79 Å². The zero-order chi connectivity index (χ0) is 21.5. The van der Waals surface area contributed by atoms with E-state index in [1.54, 1.807) is 29.1 Å². The first kappa shape index (κ1) is 21.1. The van der Waals surface area contributed by atoms with E-state index >= 15 is 0 Å². The summed E-state index contributed by atoms with van der Waals surface area (Å²) in [5.74, 6) is 1.68. The van der Waals surface area contributed by atoms with Gasteiger partial charge >= 0.3 is 5.97 Å². The van der Waals surface area contributed by atoms with E-state index in [0.29, 0.717) is 28.7 Å². The van der Waals surface area contributed by atoms with Crippen LogP contribution in [-0.2, 0) is 4.79 Å². The van der Waals surface area contributed by atoms with Gasteiger partial charge in [0.1, 0.15) is 5.75 Å². The van der Waals surface area contributed by atoms with Gasteiger partial charge in [0, 0.05) is 12.5 Å². The Balaban J connectivity index is 1.78. The molecule has 0 aliphatic rings. The molecule has 30 heavy (non-hydrogen) atoms. The normalized spacial score (nSPS) is 10.8. The maximum atomic E-state index is 11.2. The standard InChI is InChI=1S/C20H21N5O4S/c1-4-28-16-8-6-15(7-9-16)19-22-23-20(30)25(19)24-21-12-14-5-10-17(29-13(2)26)18(11-14)27-3/h5-12,24H,4H2,1-3H3,(H,23,30)/b21-12+. The molecular weight excluding hydrogens is 406 g/mol. The molecule has 0 radical (unpaired) electrons. The van der Waals surface area contributed by atoms with Crippen LogP contribution in [0.2, 0.25) is 0 Å². The van der Waals surface area contributed by atoms with Crippen LogP contribution in [0.4, 0.5) is 0 Å². The van der Waals surface area contributed by atoms with Gasteiger partial charge in [-0.3, -0.25) is 4.79 Å². The summed E-state index contributed by atoms with van der Waals surface area (Å²) in [7, 11) is 1.50. The Hall–Kier alpha value is -3.66. The topological polar surface area (TPSA) is 103 Å². The number of nitrogens with one attached hydrogen (secondary N) is 2. The number of methoxy groups -OCH3 is 1. The second kappa shape index (κ2) is 9.70. The molecule has 1 aromatic heterocycles. The number of benzene rings is 2. The fourth-order valence-electron chi connectivity index (χ4n) is 2.62. The predicted molar refractivity (Wildman–Crippen MR) is 115 cm³/mol. The molecule has 156 valence electrons. The molecule has 0 spiro atoms. The van der Waals surface area contributed by atoms with Crippen molar-refractivity contribution in [2.75, 3.05) is 19.3 Å². The van der Waals surface area contributed by atoms with Crippen LogP contribution in [-0.4, -0.2) is 40.8 Å². The van der Waals surface area contributed by atoms with Crippen LogP contribution in [0.25, 0.3) is 11.4 Å². The number of esters is 1. The van der Waals surface area contributed by atoms with E-state index in [2.05, 4.69) is 20.8 Å². The van der Waals surface area contributed by atoms with Crippen LogP contribution in [0.1, 0.15) is 19.4 Å². The Labute approximate surface area is 178 Å². The summed E-state index contributed by atoms with van der Waals surface area (Å²) in [6, 6.07) is 12.6. The maximum absolute atomic E-state index is 11.2. The monoisotopic (exact) mass is 427 g/mol. The number of aromatic amines is 1. The lowest BCUT2D eigenvalue weighted by atomic mass is 10.2. The molecule has 0 atom stereocenters. The average molecular weight is 427 g/mol. The van der Waals surface area contributed by atoms with Crippen LogP contribution < -0.4 is 19.7 Å². The summed E-state index contributed by atoms with van der Waals surface area (Å²) < 4.78 is 17.7. The minimum atomic E-state index is -0.424. The minimum Gasteiger partial charge on any atom is -0.494 e. The van der Waals surface area contributed by atoms with E-state index in [1.165, 1.54) is 14.0 Å². The first-order valence-corrected chi connectivity index (χ1v) is 9.48. The Bertz CT molecular complexity index is 1110. The molecule has 0 bridgehead atoms. The van der Waals surface area contributed by atoms with E-state index in [1.807, 2.05) is 31.2 Å². The lowest BCUT2D eigenvalue weighted by Gasteiger charge is -2.09. The summed E-state index contributed by atoms with van der Waals surface area (Å²) in [6.07, 6.45) is 1.58. The lowest BCUT2D eigenvalue weighted by molar-refractivity contribution is -0.132. The number of aromatic nitrogens is 3. The molecule has 3 rings (SSSR count). The van der Waals surface area contributed by atoms with Crippen LogP contribution >= 0.6 is 12.2 Å². The number of H-pyrrole nitrogens is 1. The van der Waals surface area contributed by atoms with Crippen LogP contribution in [0.3, 0.4) is 0 Å². The highest BCUT2D eigenvalue weighted by molar-refractivity contribution is 7.71. The zero-order valence-corrected chi connectivity index (χ0v) is 17.5. The number of ether oxygens (including phenoxy) is 3. The van der Waals surface area contributed by atoms with Crippen molar-refractivity contribution in [3.63, 3.8) is 0 Å². The van der Waals surface area contributed by atoms with Crippen molar-refractivity contribution in [2.45, 2.75) is 13.8 Å². The molecule has 9 nitrogen and oxygen atoms in total. The molecule has 2 N–H and O–H groups in total. The van der Waals surface area contributed by atoms with Gasteiger partial charge in [0.05, 0.1) is 19.9 Å². The molecular formula is C20H21N5O4S. The first-order chi connectivity index (χ1) is 14.5. The number of hydrazone groups is 1. The Kier molecular flexibility index (Phi) is 6.81. The molecule has 0 aliphatic carbocycles. The van der Waals surface area contributed by atoms with Crippen LogP contribution in [0.5, 0.6) is 17.2 Å². The second-order valence-electron chi connectivity index (χ2n) is 6.01. The van der Waals surface area contributed by atoms with Gasteiger partial charge in [-0.2, -0.15) is 14.9 Å². The summed E-state index contributed by atoms with van der Waals surface area (Å²) in [5, 5.41) is 11.2. The first-order valence-electron chi connectivity index (χ1n) is 9.08. The molecule has 10 heteroatoms. The summed E-state index contributed by atoms with van der Waals surface area (Å²) in [4.78, 5) is 11.2. The lowest BCUT2D eigenvalue weighted by Crippen LogP contribution is -2.10. The molecule has 0 aliphatic heterocycles. The van der Waals surface area contributed by atoms with Crippen molar-refractivity contribution in [3.05, 3.63) is 52.8 Å². The highest BCUT2D eigenvalue weighted by atomic mass is 32.1. The van der Waals surface area contributed by atoms with E-state index in [0.717, 1.165) is 16.9 Å². The maximum Gasteiger partial charge on any atom is 0.308 e. The second-order valence-corrected chi connectivity index (χ2v) is 6.39. The quantitative estimate of drug-likeness (QED) is 0.186. The summed E-state index contributed by atoms with van der Waals surface area (Å²) >= 11 is 5.28. The van der Waals surface area contributed by atoms with Gasteiger partial charge in [-0.05, 0) is 67.2 Å². The van der Waals surface area contributed by atoms with E-state index in [4.69, 9.17) is 26.4 Å². The van der Waals surface area contributed by atoms with Crippen molar-refractivity contribution in [2.24, 2.45) is 5.10 Å². The zero-order valence-electron chi connectivity index (χ0n) is 16.7. The summed E-state index contributed by atoms with van der Waals surface area (Å²) in [5.41, 5.74) is 4.43. The smallest absolute Gasteiger partial charge is 0.308 e. The Morgan fingerprint density at radius 2 is 2.03 bits per heavy atom. The van der Waals surface area contributed by atoms with Crippen LogP contribution in [0.15, 0.2) is 47.6 Å². The third-order valence-electron chi connectivity index (χ3n) is 3.91. The van der Waals surface area contributed by atoms with Crippen molar-refractivity contribution in [3.8, 4) is 28.6 Å². The molecule has 0 unspecified atom stereocenters. The number of hydrogen-bond donors (Lipinski definition) is 2. The number of carbonyl (C=O) groups is 1. The van der Waals surface area contributed by atoms with Gasteiger partial charge in [0.25, 0.3) is 0 Å². The van der Waals surface area contributed by atoms with E-state index in [-0.39, 0.29) is 0 Å². The third kappa shape index (κ3) is 5.03. The van der Waals surface area contributed by atoms with Crippen molar-refractivity contribution < 1.29 is 19.0 Å². The SMILES string of the molecule is CCOc1ccc(-c2n[nH]c(=S)n2N/N=C/c2ccc(OC(C)=O)c(OC)c2)cc1. The molecule has 2 aromatic carbocycles. The van der Waals surface area contributed by atoms with Crippen molar-refractivity contribution >= 4 is 24.4 Å². The third-order valence-corrected chi connectivity index (χ3v) is 4.18. The van der Waals surface area contributed by atoms with E-state index < -0.39 is 5.97 Å². The molecule has 0 saturated carbocycles. The number of nitrogens with zero attached hydrogens (tertiary/aromatic N) is 3. The van der Waals surface area contributed by atoms with Gasteiger partial charge < -0.3 is 14.2 Å². The number of hydrogen-bond acceptors (Lipinski definition) is 8. The van der Waals surface area contributed by atoms with Gasteiger partial charge in [-0.25, -0.2) is 10.6 Å². The van der Waals surface area contributed by atoms with Gasteiger partial charge in [-0.15, -0.1) is 0 Å². The van der Waals surface area contributed by atoms with Gasteiger partial charge in [-0.1, -0.05) is 0 Å². The molecule has 0 fully saturated rings. The predicted octanol–water partition coefficient (Wildman–Crippen LogP) is 3.52. The Morgan fingerprint density at radius 1 is 1.27 bits per heavy atom. The molecule has 1 heterocycles. The van der Waals surface area contributed by atoms with Crippen molar-refractivity contribution in [1.29, 1.82) is 0 Å². The highest BCUT2D eigenvalue weighted by Gasteiger charge is 2.09. The molecule has 0 amide bonds. The fraction of sp³-hybridized carbons (Fsp3) is 0.200. The van der Waals surface area contributed by atoms with Gasteiger partial charge in [0.2, 0.25) is 4.77 Å².